The van der Waals surface area contributed by atoms with Gasteiger partial charge in [0, 0.05) is 0 Å². The van der Waals surface area contributed by atoms with Crippen LogP contribution in [0.1, 0.15) is 11.7 Å². The maximum Gasteiger partial charge on any atom is 0.174 e. The highest BCUT2D eigenvalue weighted by atomic mass is 79.9. The zero-order chi connectivity index (χ0) is 13.0. The van der Waals surface area contributed by atoms with Crippen LogP contribution in [-0.4, -0.2) is 19.3 Å². The first kappa shape index (κ1) is 13.6. The highest BCUT2D eigenvalue weighted by Crippen LogP contribution is 2.38. The van der Waals surface area contributed by atoms with Crippen molar-refractivity contribution < 1.29 is 14.6 Å². The number of hydrogen-bond acceptors (Lipinski definition) is 4. The van der Waals surface area contributed by atoms with Crippen molar-refractivity contribution in [2.75, 3.05) is 14.2 Å². The maximum absolute atomic E-state index is 9.86. The minimum atomic E-state index is -1.05. The van der Waals surface area contributed by atoms with E-state index in [0.29, 0.717) is 21.5 Å². The summed E-state index contributed by atoms with van der Waals surface area (Å²) < 4.78 is 10.9. The smallest absolute Gasteiger partial charge is 0.174 e. The largest absolute Gasteiger partial charge is 0.493 e. The number of benzene rings is 1. The van der Waals surface area contributed by atoms with E-state index < -0.39 is 6.10 Å². The Kier molecular flexibility index (Phi) is 4.55. The molecule has 0 aliphatic rings. The molecular formula is C12H12BrNO3. The summed E-state index contributed by atoms with van der Waals surface area (Å²) in [7, 11) is 3.02. The summed E-state index contributed by atoms with van der Waals surface area (Å²) in [5, 5.41) is 18.5. The number of hydrogen-bond donors (Lipinski definition) is 1. The molecule has 0 radical (unpaired) electrons. The molecule has 1 N–H and O–H groups in total. The van der Waals surface area contributed by atoms with E-state index in [-0.39, 0.29) is 5.57 Å². The highest BCUT2D eigenvalue weighted by Gasteiger charge is 2.17. The molecule has 0 aliphatic carbocycles. The van der Waals surface area contributed by atoms with E-state index in [1.165, 1.54) is 14.2 Å². The number of ether oxygens (including phenoxy) is 2. The van der Waals surface area contributed by atoms with Crippen LogP contribution >= 0.6 is 15.9 Å². The molecule has 0 bridgehead atoms. The number of nitrogens with zero attached hydrogens (tertiary/aromatic N) is 1. The topological polar surface area (TPSA) is 62.5 Å². The second kappa shape index (κ2) is 5.71. The van der Waals surface area contributed by atoms with Gasteiger partial charge in [0.25, 0.3) is 0 Å². The second-order valence-corrected chi connectivity index (χ2v) is 4.13. The van der Waals surface area contributed by atoms with Crippen LogP contribution in [0, 0.1) is 11.3 Å². The van der Waals surface area contributed by atoms with Crippen LogP contribution in [0.3, 0.4) is 0 Å². The summed E-state index contributed by atoms with van der Waals surface area (Å²) in [4.78, 5) is 0. The van der Waals surface area contributed by atoms with Crippen LogP contribution in [-0.2, 0) is 0 Å². The molecule has 0 saturated carbocycles. The Balaban J connectivity index is 3.25. The Morgan fingerprint density at radius 3 is 2.59 bits per heavy atom. The van der Waals surface area contributed by atoms with Gasteiger partial charge in [-0.3, -0.25) is 0 Å². The molecule has 0 aromatic heterocycles. The Morgan fingerprint density at radius 1 is 1.47 bits per heavy atom. The molecule has 0 amide bonds. The molecule has 0 heterocycles. The van der Waals surface area contributed by atoms with E-state index in [1.54, 1.807) is 12.1 Å². The van der Waals surface area contributed by atoms with Crippen LogP contribution < -0.4 is 9.47 Å². The maximum atomic E-state index is 9.86. The number of nitriles is 1. The predicted molar refractivity (Wildman–Crippen MR) is 67.0 cm³/mol. The number of methoxy groups -OCH3 is 2. The molecule has 1 aromatic carbocycles. The molecule has 1 rings (SSSR count). The van der Waals surface area contributed by atoms with Crippen molar-refractivity contribution in [3.05, 3.63) is 34.3 Å². The van der Waals surface area contributed by atoms with Gasteiger partial charge in [-0.15, -0.1) is 0 Å². The average molecular weight is 298 g/mol. The monoisotopic (exact) mass is 297 g/mol. The number of halogens is 1. The van der Waals surface area contributed by atoms with Crippen molar-refractivity contribution in [1.82, 2.24) is 0 Å². The molecule has 4 nitrogen and oxygen atoms in total. The predicted octanol–water partition coefficient (Wildman–Crippen LogP) is 2.58. The van der Waals surface area contributed by atoms with E-state index in [9.17, 15) is 5.11 Å². The summed E-state index contributed by atoms with van der Waals surface area (Å²) >= 11 is 3.31. The Hall–Kier alpha value is -1.51. The van der Waals surface area contributed by atoms with E-state index in [1.807, 2.05) is 6.07 Å². The first-order valence-electron chi connectivity index (χ1n) is 4.73. The molecule has 90 valence electrons. The molecule has 1 aromatic rings. The summed E-state index contributed by atoms with van der Waals surface area (Å²) in [6.45, 7) is 3.48. The van der Waals surface area contributed by atoms with Crippen LogP contribution in [0.5, 0.6) is 11.5 Å². The molecule has 0 aliphatic heterocycles. The lowest BCUT2D eigenvalue weighted by molar-refractivity contribution is 0.220. The van der Waals surface area contributed by atoms with Crippen molar-refractivity contribution in [3.8, 4) is 17.6 Å². The fourth-order valence-electron chi connectivity index (χ4n) is 1.36. The quantitative estimate of drug-likeness (QED) is 0.868. The van der Waals surface area contributed by atoms with Gasteiger partial charge in [-0.1, -0.05) is 6.58 Å². The fourth-order valence-corrected chi connectivity index (χ4v) is 1.98. The van der Waals surface area contributed by atoms with Gasteiger partial charge >= 0.3 is 0 Å². The van der Waals surface area contributed by atoms with Gasteiger partial charge in [0.1, 0.15) is 6.10 Å². The molecular weight excluding hydrogens is 286 g/mol. The third-order valence-electron chi connectivity index (χ3n) is 2.25. The second-order valence-electron chi connectivity index (χ2n) is 3.28. The van der Waals surface area contributed by atoms with Crippen molar-refractivity contribution in [2.45, 2.75) is 6.10 Å². The molecule has 0 spiro atoms. The lowest BCUT2D eigenvalue weighted by Gasteiger charge is -2.14. The van der Waals surface area contributed by atoms with Gasteiger partial charge in [0.05, 0.1) is 30.3 Å². The highest BCUT2D eigenvalue weighted by molar-refractivity contribution is 9.10. The first-order valence-corrected chi connectivity index (χ1v) is 5.52. The zero-order valence-electron chi connectivity index (χ0n) is 9.53. The van der Waals surface area contributed by atoms with Crippen LogP contribution in [0.15, 0.2) is 28.8 Å². The van der Waals surface area contributed by atoms with E-state index in [0.717, 1.165) is 0 Å². The third kappa shape index (κ3) is 2.78. The number of aliphatic hydroxyl groups is 1. The van der Waals surface area contributed by atoms with Gasteiger partial charge in [0.2, 0.25) is 0 Å². The molecule has 17 heavy (non-hydrogen) atoms. The molecule has 1 atom stereocenters. The Morgan fingerprint density at radius 2 is 2.12 bits per heavy atom. The average Bonchev–Trinajstić information content (AvgIpc) is 2.35. The van der Waals surface area contributed by atoms with Gasteiger partial charge in [-0.05, 0) is 33.6 Å². The zero-order valence-corrected chi connectivity index (χ0v) is 11.1. The van der Waals surface area contributed by atoms with E-state index >= 15 is 0 Å². The molecule has 0 saturated heterocycles. The van der Waals surface area contributed by atoms with Crippen molar-refractivity contribution in [1.29, 1.82) is 5.26 Å². The Labute approximate surface area is 108 Å². The van der Waals surface area contributed by atoms with Gasteiger partial charge < -0.3 is 14.6 Å². The summed E-state index contributed by atoms with van der Waals surface area (Å²) in [5.41, 5.74) is 0.588. The molecule has 1 unspecified atom stereocenters. The van der Waals surface area contributed by atoms with Gasteiger partial charge in [0.15, 0.2) is 11.5 Å². The first-order chi connectivity index (χ1) is 8.04. The summed E-state index contributed by atoms with van der Waals surface area (Å²) in [6, 6.07) is 5.09. The third-order valence-corrected chi connectivity index (χ3v) is 2.83. The fraction of sp³-hybridized carbons (Fsp3) is 0.250. The molecule has 5 heteroatoms. The van der Waals surface area contributed by atoms with Gasteiger partial charge in [-0.25, -0.2) is 0 Å². The minimum Gasteiger partial charge on any atom is -0.493 e. The number of aliphatic hydroxyl groups excluding tert-OH is 1. The summed E-state index contributed by atoms with van der Waals surface area (Å²) in [6.07, 6.45) is -1.05. The SMILES string of the molecule is C=C(C#N)C(O)c1cc(Br)c(OC)c(OC)c1. The Bertz CT molecular complexity index is 479. The van der Waals surface area contributed by atoms with Crippen LogP contribution in [0.25, 0.3) is 0 Å². The standard InChI is InChI=1S/C12H12BrNO3/c1-7(6-14)11(15)8-4-9(13)12(17-3)10(5-8)16-2/h4-5,11,15H,1H2,2-3H3. The lowest BCUT2D eigenvalue weighted by atomic mass is 10.0. The van der Waals surface area contributed by atoms with Crippen molar-refractivity contribution in [2.24, 2.45) is 0 Å². The van der Waals surface area contributed by atoms with Crippen LogP contribution in [0.4, 0.5) is 0 Å². The van der Waals surface area contributed by atoms with Gasteiger partial charge in [-0.2, -0.15) is 5.26 Å². The lowest BCUT2D eigenvalue weighted by Crippen LogP contribution is -2.01. The van der Waals surface area contributed by atoms with Crippen molar-refractivity contribution in [3.63, 3.8) is 0 Å². The number of rotatable bonds is 4. The van der Waals surface area contributed by atoms with Crippen molar-refractivity contribution >= 4 is 15.9 Å². The van der Waals surface area contributed by atoms with E-state index in [4.69, 9.17) is 14.7 Å². The minimum absolute atomic E-state index is 0.0733. The normalized spacial score (nSPS) is 11.5. The molecule has 0 fully saturated rings. The van der Waals surface area contributed by atoms with E-state index in [2.05, 4.69) is 22.5 Å². The summed E-state index contributed by atoms with van der Waals surface area (Å²) in [5.74, 6) is 1.01. The van der Waals surface area contributed by atoms with Crippen LogP contribution in [0.2, 0.25) is 0 Å².